The molecule has 14 heavy (non-hydrogen) atoms. The Kier molecular flexibility index (Phi) is 2.73. The highest BCUT2D eigenvalue weighted by atomic mass is 16.1. The number of hydrogen-bond acceptors (Lipinski definition) is 2. The molecule has 72 valence electrons. The first-order chi connectivity index (χ1) is 6.86. The van der Waals surface area contributed by atoms with Gasteiger partial charge in [-0.15, -0.1) is 0 Å². The number of allylic oxidation sites excluding steroid dienone is 1. The number of aromatic nitrogens is 1. The van der Waals surface area contributed by atoms with E-state index in [1.807, 2.05) is 18.2 Å². The number of hydrogen-bond donors (Lipinski definition) is 0. The van der Waals surface area contributed by atoms with E-state index in [1.54, 1.807) is 12.4 Å². The standard InChI is InChI=1S/C12H13NO/c14-12-6-2-1-5-11(12)8-10-4-3-7-13-9-10/h3-4,7-9H,1-2,5-6H2/b11-8+. The van der Waals surface area contributed by atoms with Crippen LogP contribution < -0.4 is 0 Å². The summed E-state index contributed by atoms with van der Waals surface area (Å²) in [5.41, 5.74) is 1.99. The molecule has 0 aliphatic heterocycles. The second-order valence-corrected chi connectivity index (χ2v) is 3.59. The van der Waals surface area contributed by atoms with Crippen LogP contribution in [0.3, 0.4) is 0 Å². The zero-order valence-corrected chi connectivity index (χ0v) is 8.07. The summed E-state index contributed by atoms with van der Waals surface area (Å²) in [7, 11) is 0. The van der Waals surface area contributed by atoms with E-state index in [-0.39, 0.29) is 0 Å². The molecule has 2 nitrogen and oxygen atoms in total. The van der Waals surface area contributed by atoms with E-state index in [4.69, 9.17) is 0 Å². The van der Waals surface area contributed by atoms with Crippen LogP contribution in [0, 0.1) is 0 Å². The van der Waals surface area contributed by atoms with Crippen molar-refractivity contribution in [1.29, 1.82) is 0 Å². The molecule has 1 aliphatic rings. The maximum atomic E-state index is 11.5. The van der Waals surface area contributed by atoms with Crippen molar-refractivity contribution in [2.45, 2.75) is 25.7 Å². The molecule has 1 aliphatic carbocycles. The van der Waals surface area contributed by atoms with E-state index in [0.29, 0.717) is 12.2 Å². The van der Waals surface area contributed by atoms with Gasteiger partial charge in [0, 0.05) is 18.8 Å². The summed E-state index contributed by atoms with van der Waals surface area (Å²) in [5, 5.41) is 0. The summed E-state index contributed by atoms with van der Waals surface area (Å²) in [6.45, 7) is 0. The van der Waals surface area contributed by atoms with Crippen molar-refractivity contribution in [3.8, 4) is 0 Å². The van der Waals surface area contributed by atoms with Gasteiger partial charge in [-0.3, -0.25) is 9.78 Å². The van der Waals surface area contributed by atoms with Crippen molar-refractivity contribution in [3.05, 3.63) is 35.7 Å². The maximum absolute atomic E-state index is 11.5. The molecule has 0 radical (unpaired) electrons. The van der Waals surface area contributed by atoms with Gasteiger partial charge >= 0.3 is 0 Å². The number of rotatable bonds is 1. The Bertz CT molecular complexity index is 354. The molecule has 1 fully saturated rings. The Morgan fingerprint density at radius 3 is 2.86 bits per heavy atom. The average Bonchev–Trinajstić information content (AvgIpc) is 2.23. The van der Waals surface area contributed by atoms with Crippen LogP contribution in [0.2, 0.25) is 0 Å². The van der Waals surface area contributed by atoms with Crippen LogP contribution in [-0.4, -0.2) is 10.8 Å². The van der Waals surface area contributed by atoms with E-state index in [1.165, 1.54) is 0 Å². The second-order valence-electron chi connectivity index (χ2n) is 3.59. The normalized spacial score (nSPS) is 20.0. The van der Waals surface area contributed by atoms with Gasteiger partial charge in [0.15, 0.2) is 5.78 Å². The van der Waals surface area contributed by atoms with Crippen LogP contribution in [0.5, 0.6) is 0 Å². The summed E-state index contributed by atoms with van der Waals surface area (Å²) >= 11 is 0. The summed E-state index contributed by atoms with van der Waals surface area (Å²) in [6, 6.07) is 3.86. The molecule has 1 aromatic rings. The number of carbonyl (C=O) groups excluding carboxylic acids is 1. The van der Waals surface area contributed by atoms with Crippen LogP contribution in [0.4, 0.5) is 0 Å². The predicted molar refractivity (Wildman–Crippen MR) is 55.7 cm³/mol. The van der Waals surface area contributed by atoms with E-state index < -0.39 is 0 Å². The minimum absolute atomic E-state index is 0.306. The van der Waals surface area contributed by atoms with Crippen LogP contribution in [-0.2, 0) is 4.79 Å². The number of pyridine rings is 1. The maximum Gasteiger partial charge on any atom is 0.158 e. The Morgan fingerprint density at radius 2 is 2.14 bits per heavy atom. The van der Waals surface area contributed by atoms with Gasteiger partial charge < -0.3 is 0 Å². The van der Waals surface area contributed by atoms with E-state index >= 15 is 0 Å². The van der Waals surface area contributed by atoms with Gasteiger partial charge in [-0.2, -0.15) is 0 Å². The molecule has 0 atom stereocenters. The molecule has 1 heterocycles. The third kappa shape index (κ3) is 2.08. The molecular weight excluding hydrogens is 174 g/mol. The van der Waals surface area contributed by atoms with Crippen molar-refractivity contribution >= 4 is 11.9 Å². The SMILES string of the molecule is O=C1CCCC/C1=C\c1cccnc1. The molecule has 1 saturated carbocycles. The number of carbonyl (C=O) groups is 1. The monoisotopic (exact) mass is 187 g/mol. The summed E-state index contributed by atoms with van der Waals surface area (Å²) in [4.78, 5) is 15.5. The molecule has 1 aromatic heterocycles. The zero-order chi connectivity index (χ0) is 9.80. The van der Waals surface area contributed by atoms with E-state index in [9.17, 15) is 4.79 Å². The Labute approximate surface area is 83.7 Å². The largest absolute Gasteiger partial charge is 0.295 e. The molecule has 2 rings (SSSR count). The number of Topliss-reactive ketones (excluding diaryl/α,β-unsaturated/α-hetero) is 1. The number of ketones is 1. The third-order valence-corrected chi connectivity index (χ3v) is 2.48. The minimum atomic E-state index is 0.306. The summed E-state index contributed by atoms with van der Waals surface area (Å²) in [5.74, 6) is 0.306. The van der Waals surface area contributed by atoms with Gasteiger partial charge in [-0.05, 0) is 42.5 Å². The van der Waals surface area contributed by atoms with Crippen LogP contribution in [0.15, 0.2) is 30.1 Å². The Morgan fingerprint density at radius 1 is 1.29 bits per heavy atom. The highest BCUT2D eigenvalue weighted by Gasteiger charge is 2.14. The molecular formula is C12H13NO. The topological polar surface area (TPSA) is 30.0 Å². The lowest BCUT2D eigenvalue weighted by Crippen LogP contribution is -2.07. The lowest BCUT2D eigenvalue weighted by atomic mass is 9.92. The fourth-order valence-corrected chi connectivity index (χ4v) is 1.72. The van der Waals surface area contributed by atoms with Crippen LogP contribution in [0.25, 0.3) is 6.08 Å². The lowest BCUT2D eigenvalue weighted by molar-refractivity contribution is -0.116. The predicted octanol–water partition coefficient (Wildman–Crippen LogP) is 2.61. The van der Waals surface area contributed by atoms with Crippen molar-refractivity contribution < 1.29 is 4.79 Å². The van der Waals surface area contributed by atoms with Crippen molar-refractivity contribution in [2.75, 3.05) is 0 Å². The molecule has 0 spiro atoms. The smallest absolute Gasteiger partial charge is 0.158 e. The molecule has 0 amide bonds. The number of nitrogens with zero attached hydrogens (tertiary/aromatic N) is 1. The molecule has 0 bridgehead atoms. The Balaban J connectivity index is 2.21. The fraction of sp³-hybridized carbons (Fsp3) is 0.333. The molecule has 0 N–H and O–H groups in total. The molecule has 0 unspecified atom stereocenters. The van der Waals surface area contributed by atoms with Crippen molar-refractivity contribution in [1.82, 2.24) is 4.98 Å². The Hall–Kier alpha value is -1.44. The van der Waals surface area contributed by atoms with E-state index in [0.717, 1.165) is 30.4 Å². The zero-order valence-electron chi connectivity index (χ0n) is 8.07. The van der Waals surface area contributed by atoms with E-state index in [2.05, 4.69) is 4.98 Å². The van der Waals surface area contributed by atoms with Crippen LogP contribution in [0.1, 0.15) is 31.2 Å². The highest BCUT2D eigenvalue weighted by Crippen LogP contribution is 2.21. The van der Waals surface area contributed by atoms with Gasteiger partial charge in [-0.25, -0.2) is 0 Å². The quantitative estimate of drug-likeness (QED) is 0.632. The van der Waals surface area contributed by atoms with Gasteiger partial charge in [-0.1, -0.05) is 6.07 Å². The fourth-order valence-electron chi connectivity index (χ4n) is 1.72. The highest BCUT2D eigenvalue weighted by molar-refractivity contribution is 6.00. The van der Waals surface area contributed by atoms with Crippen molar-refractivity contribution in [3.63, 3.8) is 0 Å². The third-order valence-electron chi connectivity index (χ3n) is 2.48. The van der Waals surface area contributed by atoms with Gasteiger partial charge in [0.25, 0.3) is 0 Å². The lowest BCUT2D eigenvalue weighted by Gasteiger charge is -2.11. The summed E-state index contributed by atoms with van der Waals surface area (Å²) in [6.07, 6.45) is 9.31. The van der Waals surface area contributed by atoms with Gasteiger partial charge in [0.2, 0.25) is 0 Å². The van der Waals surface area contributed by atoms with Crippen molar-refractivity contribution in [2.24, 2.45) is 0 Å². The first-order valence-corrected chi connectivity index (χ1v) is 5.00. The average molecular weight is 187 g/mol. The second kappa shape index (κ2) is 4.18. The first-order valence-electron chi connectivity index (χ1n) is 5.00. The van der Waals surface area contributed by atoms with Crippen LogP contribution >= 0.6 is 0 Å². The minimum Gasteiger partial charge on any atom is -0.295 e. The summed E-state index contributed by atoms with van der Waals surface area (Å²) < 4.78 is 0. The van der Waals surface area contributed by atoms with Gasteiger partial charge in [0.05, 0.1) is 0 Å². The van der Waals surface area contributed by atoms with Gasteiger partial charge in [0.1, 0.15) is 0 Å². The molecule has 2 heteroatoms. The molecule has 0 saturated heterocycles. The molecule has 0 aromatic carbocycles. The first kappa shape index (κ1) is 9.13.